The van der Waals surface area contributed by atoms with Crippen molar-refractivity contribution in [1.82, 2.24) is 9.91 Å². The summed E-state index contributed by atoms with van der Waals surface area (Å²) in [4.78, 5) is 5.67. The first kappa shape index (κ1) is 8.22. The van der Waals surface area contributed by atoms with Crippen LogP contribution in [-0.4, -0.2) is 48.4 Å². The van der Waals surface area contributed by atoms with Gasteiger partial charge in [0.15, 0.2) is 0 Å². The van der Waals surface area contributed by atoms with E-state index >= 15 is 0 Å². The van der Waals surface area contributed by atoms with Crippen molar-refractivity contribution in [2.45, 2.75) is 0 Å². The molecule has 1 saturated heterocycles. The van der Waals surface area contributed by atoms with E-state index < -0.39 is 0 Å². The summed E-state index contributed by atoms with van der Waals surface area (Å²) in [6, 6.07) is 0. The van der Waals surface area contributed by atoms with E-state index in [4.69, 9.17) is 5.26 Å². The summed E-state index contributed by atoms with van der Waals surface area (Å²) in [5, 5.41) is 16.2. The van der Waals surface area contributed by atoms with Crippen molar-refractivity contribution < 1.29 is 10.2 Å². The fourth-order valence-corrected chi connectivity index (χ4v) is 0.953. The fraction of sp³-hybridized carbons (Fsp3) is 1.00. The Morgan fingerprint density at radius 2 is 1.91 bits per heavy atom. The zero-order chi connectivity index (χ0) is 8.10. The minimum atomic E-state index is 0.823. The van der Waals surface area contributed by atoms with Crippen molar-refractivity contribution in [3.63, 3.8) is 0 Å². The van der Waals surface area contributed by atoms with Gasteiger partial charge in [-0.05, 0) is 12.3 Å². The average Bonchev–Trinajstić information content (AvgIpc) is 2.04. The lowest BCUT2D eigenvalue weighted by atomic mass is 10.4. The van der Waals surface area contributed by atoms with Crippen molar-refractivity contribution in [2.75, 3.05) is 33.2 Å². The molecule has 0 aromatic rings. The van der Waals surface area contributed by atoms with Crippen LogP contribution in [0.3, 0.4) is 0 Å². The molecule has 1 heterocycles. The van der Waals surface area contributed by atoms with E-state index in [2.05, 4.69) is 27.4 Å². The Bertz CT molecular complexity index is 132. The van der Waals surface area contributed by atoms with E-state index in [-0.39, 0.29) is 0 Å². The lowest BCUT2D eigenvalue weighted by molar-refractivity contribution is -0.255. The van der Waals surface area contributed by atoms with Crippen molar-refractivity contribution in [1.29, 1.82) is 0 Å². The molecule has 64 valence electrons. The molecule has 1 N–H and O–H groups in total. The molecule has 6 heteroatoms. The van der Waals surface area contributed by atoms with E-state index in [1.54, 1.807) is 5.01 Å². The second-order valence-electron chi connectivity index (χ2n) is 2.51. The summed E-state index contributed by atoms with van der Waals surface area (Å²) in [6.45, 7) is 3.57. The molecule has 1 rings (SSSR count). The number of hydrogen-bond acceptors (Lipinski definition) is 5. The average molecular weight is 160 g/mol. The lowest BCUT2D eigenvalue weighted by Crippen LogP contribution is -2.41. The highest BCUT2D eigenvalue weighted by Gasteiger charge is 2.11. The lowest BCUT2D eigenvalue weighted by Gasteiger charge is -2.28. The van der Waals surface area contributed by atoms with Gasteiger partial charge in [0.1, 0.15) is 0 Å². The molecular weight excluding hydrogens is 148 g/mol. The Morgan fingerprint density at radius 3 is 2.45 bits per heavy atom. The molecule has 0 amide bonds. The molecule has 0 aromatic heterocycles. The Morgan fingerprint density at radius 1 is 1.27 bits per heavy atom. The van der Waals surface area contributed by atoms with Crippen LogP contribution in [0, 0.1) is 0 Å². The largest absolute Gasteiger partial charge is 0.303 e. The van der Waals surface area contributed by atoms with E-state index in [1.165, 1.54) is 0 Å². The molecule has 11 heavy (non-hydrogen) atoms. The molecule has 1 fully saturated rings. The highest BCUT2D eigenvalue weighted by atomic mass is 17.2. The molecule has 0 bridgehead atoms. The quantitative estimate of drug-likeness (QED) is 0.351. The first-order valence-corrected chi connectivity index (χ1v) is 3.48. The molecule has 1 aliphatic heterocycles. The van der Waals surface area contributed by atoms with Gasteiger partial charge in [-0.3, -0.25) is 5.01 Å². The number of rotatable bonds is 2. The monoisotopic (exact) mass is 160 g/mol. The molecular formula is C5H12N4O2. The zero-order valence-corrected chi connectivity index (χ0v) is 6.47. The first-order chi connectivity index (χ1) is 5.33. The van der Waals surface area contributed by atoms with Gasteiger partial charge in [-0.25, -0.2) is 4.99 Å². The third-order valence-corrected chi connectivity index (χ3v) is 1.68. The van der Waals surface area contributed by atoms with Crippen molar-refractivity contribution >= 4 is 0 Å². The third-order valence-electron chi connectivity index (χ3n) is 1.68. The van der Waals surface area contributed by atoms with Crippen LogP contribution in [0.2, 0.25) is 0 Å². The summed E-state index contributed by atoms with van der Waals surface area (Å²) in [5.41, 5.74) is 0. The predicted octanol–water partition coefficient (Wildman–Crippen LogP) is 0.00560. The maximum absolute atomic E-state index is 7.85. The number of nitrogens with zero attached hydrogens (tertiary/aromatic N) is 4. The predicted molar refractivity (Wildman–Crippen MR) is 37.6 cm³/mol. The Hall–Kier alpha value is -0.880. The Kier molecular flexibility index (Phi) is 3.06. The standard InChI is InChI=1S/C5H12N4O2/c1-8-2-4-9(5-3-8)6-7-11-10/h10H,2-5H2,1H3. The van der Waals surface area contributed by atoms with Gasteiger partial charge < -0.3 is 4.90 Å². The smallest absolute Gasteiger partial charge is 0.0837 e. The van der Waals surface area contributed by atoms with Crippen LogP contribution >= 0.6 is 0 Å². The summed E-state index contributed by atoms with van der Waals surface area (Å²) >= 11 is 0. The highest BCUT2D eigenvalue weighted by Crippen LogP contribution is 1.99. The van der Waals surface area contributed by atoms with Crippen LogP contribution in [0.25, 0.3) is 0 Å². The molecule has 0 unspecified atom stereocenters. The number of hydrogen-bond donors (Lipinski definition) is 1. The fourth-order valence-electron chi connectivity index (χ4n) is 0.953. The normalized spacial score (nSPS) is 21.1. The van der Waals surface area contributed by atoms with Crippen LogP contribution in [0.5, 0.6) is 0 Å². The molecule has 0 aromatic carbocycles. The third kappa shape index (κ3) is 2.69. The van der Waals surface area contributed by atoms with Gasteiger partial charge in [0, 0.05) is 13.1 Å². The Balaban J connectivity index is 2.22. The maximum Gasteiger partial charge on any atom is 0.0837 e. The molecule has 0 saturated carbocycles. The summed E-state index contributed by atoms with van der Waals surface area (Å²) in [7, 11) is 2.05. The van der Waals surface area contributed by atoms with E-state index in [0.29, 0.717) is 0 Å². The van der Waals surface area contributed by atoms with Crippen LogP contribution in [0.4, 0.5) is 0 Å². The van der Waals surface area contributed by atoms with Crippen LogP contribution in [0.1, 0.15) is 0 Å². The second-order valence-corrected chi connectivity index (χ2v) is 2.51. The van der Waals surface area contributed by atoms with Crippen molar-refractivity contribution in [3.8, 4) is 0 Å². The molecule has 0 atom stereocenters. The molecule has 6 nitrogen and oxygen atoms in total. The maximum atomic E-state index is 7.85. The van der Waals surface area contributed by atoms with Gasteiger partial charge in [0.2, 0.25) is 0 Å². The second kappa shape index (κ2) is 4.09. The SMILES string of the molecule is CN1CCN(N=NOO)CC1. The first-order valence-electron chi connectivity index (χ1n) is 3.48. The number of likely N-dealkylation sites (N-methyl/N-ethyl adjacent to an activating group) is 1. The molecule has 0 aliphatic carbocycles. The summed E-state index contributed by atoms with van der Waals surface area (Å²) < 4.78 is 0. The van der Waals surface area contributed by atoms with Crippen LogP contribution < -0.4 is 0 Å². The minimum Gasteiger partial charge on any atom is -0.303 e. The van der Waals surface area contributed by atoms with E-state index in [1.807, 2.05) is 0 Å². The van der Waals surface area contributed by atoms with E-state index in [0.717, 1.165) is 26.2 Å². The zero-order valence-electron chi connectivity index (χ0n) is 6.47. The van der Waals surface area contributed by atoms with Gasteiger partial charge in [-0.15, -0.1) is 0 Å². The number of piperazine rings is 1. The topological polar surface area (TPSA) is 60.7 Å². The van der Waals surface area contributed by atoms with Gasteiger partial charge in [0.25, 0.3) is 0 Å². The van der Waals surface area contributed by atoms with Gasteiger partial charge in [0.05, 0.1) is 18.4 Å². The van der Waals surface area contributed by atoms with Crippen LogP contribution in [-0.2, 0) is 4.99 Å². The minimum absolute atomic E-state index is 0.823. The Labute approximate surface area is 64.9 Å². The highest BCUT2D eigenvalue weighted by molar-refractivity contribution is 4.64. The van der Waals surface area contributed by atoms with E-state index in [9.17, 15) is 0 Å². The van der Waals surface area contributed by atoms with Crippen LogP contribution in [0.15, 0.2) is 10.5 Å². The molecule has 0 spiro atoms. The van der Waals surface area contributed by atoms with Gasteiger partial charge >= 0.3 is 0 Å². The van der Waals surface area contributed by atoms with Crippen molar-refractivity contribution in [3.05, 3.63) is 0 Å². The molecule has 1 aliphatic rings. The van der Waals surface area contributed by atoms with Crippen molar-refractivity contribution in [2.24, 2.45) is 10.5 Å². The van der Waals surface area contributed by atoms with Gasteiger partial charge in [-0.1, -0.05) is 0 Å². The summed E-state index contributed by atoms with van der Waals surface area (Å²) in [6.07, 6.45) is 0. The summed E-state index contributed by atoms with van der Waals surface area (Å²) in [5.74, 6) is 0. The molecule has 0 radical (unpaired) electrons. The van der Waals surface area contributed by atoms with Gasteiger partial charge in [-0.2, -0.15) is 5.26 Å².